The first-order valence-corrected chi connectivity index (χ1v) is 7.75. The van der Waals surface area contributed by atoms with Crippen molar-refractivity contribution in [2.75, 3.05) is 5.32 Å². The summed E-state index contributed by atoms with van der Waals surface area (Å²) in [6.45, 7) is 4.88. The van der Waals surface area contributed by atoms with Crippen LogP contribution < -0.4 is 14.8 Å². The summed E-state index contributed by atoms with van der Waals surface area (Å²) in [7, 11) is 0. The van der Waals surface area contributed by atoms with Gasteiger partial charge in [-0.1, -0.05) is 11.6 Å². The first kappa shape index (κ1) is 17.8. The third kappa shape index (κ3) is 4.99. The number of rotatable bonds is 5. The van der Waals surface area contributed by atoms with Crippen LogP contribution in [0, 0.1) is 6.92 Å². The SMILES string of the molecule is CC(=O)Nc1ccc(OC(=O)C(C)Oc2ccc(Cl)cc2C)cc1. The van der Waals surface area contributed by atoms with Gasteiger partial charge in [0.2, 0.25) is 5.91 Å². The van der Waals surface area contributed by atoms with E-state index in [4.69, 9.17) is 21.1 Å². The van der Waals surface area contributed by atoms with Crippen molar-refractivity contribution in [1.29, 1.82) is 0 Å². The number of carbonyl (C=O) groups is 2. The van der Waals surface area contributed by atoms with Gasteiger partial charge in [0.05, 0.1) is 0 Å². The second-order valence-corrected chi connectivity index (χ2v) is 5.73. The Bertz CT molecular complexity index is 743. The van der Waals surface area contributed by atoms with Gasteiger partial charge >= 0.3 is 5.97 Å². The minimum atomic E-state index is -0.778. The van der Waals surface area contributed by atoms with Crippen molar-refractivity contribution in [3.63, 3.8) is 0 Å². The number of halogens is 1. The number of aryl methyl sites for hydroxylation is 1. The van der Waals surface area contributed by atoms with Crippen LogP contribution >= 0.6 is 11.6 Å². The van der Waals surface area contributed by atoms with Crippen molar-refractivity contribution < 1.29 is 19.1 Å². The quantitative estimate of drug-likeness (QED) is 0.656. The van der Waals surface area contributed by atoms with Gasteiger partial charge in [-0.3, -0.25) is 4.79 Å². The fourth-order valence-electron chi connectivity index (χ4n) is 1.99. The summed E-state index contributed by atoms with van der Waals surface area (Å²) in [6.07, 6.45) is -0.778. The predicted molar refractivity (Wildman–Crippen MR) is 92.7 cm³/mol. The summed E-state index contributed by atoms with van der Waals surface area (Å²) in [5.41, 5.74) is 1.46. The molecule has 126 valence electrons. The highest BCUT2D eigenvalue weighted by atomic mass is 35.5. The van der Waals surface area contributed by atoms with Gasteiger partial charge in [-0.2, -0.15) is 0 Å². The number of hydrogen-bond donors (Lipinski definition) is 1. The van der Waals surface area contributed by atoms with Gasteiger partial charge in [0.1, 0.15) is 11.5 Å². The molecule has 0 aromatic heterocycles. The molecule has 0 aliphatic heterocycles. The summed E-state index contributed by atoms with van der Waals surface area (Å²) in [5, 5.41) is 3.24. The molecule has 1 atom stereocenters. The van der Waals surface area contributed by atoms with E-state index in [0.717, 1.165) is 5.56 Å². The van der Waals surface area contributed by atoms with E-state index in [1.165, 1.54) is 6.92 Å². The number of carbonyl (C=O) groups excluding carboxylic acids is 2. The van der Waals surface area contributed by atoms with E-state index < -0.39 is 12.1 Å². The van der Waals surface area contributed by atoms with Crippen molar-refractivity contribution in [2.24, 2.45) is 0 Å². The molecule has 0 spiro atoms. The third-order valence-electron chi connectivity index (χ3n) is 3.17. The molecule has 0 saturated carbocycles. The number of ether oxygens (including phenoxy) is 2. The Morgan fingerprint density at radius 3 is 2.38 bits per heavy atom. The van der Waals surface area contributed by atoms with Crippen LogP contribution in [0.15, 0.2) is 42.5 Å². The molecule has 2 aromatic carbocycles. The van der Waals surface area contributed by atoms with Gasteiger partial charge in [-0.05, 0) is 61.9 Å². The van der Waals surface area contributed by atoms with E-state index >= 15 is 0 Å². The van der Waals surface area contributed by atoms with Crippen molar-refractivity contribution in [3.8, 4) is 11.5 Å². The zero-order valence-corrected chi connectivity index (χ0v) is 14.4. The van der Waals surface area contributed by atoms with Gasteiger partial charge < -0.3 is 14.8 Å². The van der Waals surface area contributed by atoms with E-state index in [0.29, 0.717) is 22.2 Å². The van der Waals surface area contributed by atoms with Crippen LogP contribution in [-0.4, -0.2) is 18.0 Å². The monoisotopic (exact) mass is 347 g/mol. The highest BCUT2D eigenvalue weighted by Gasteiger charge is 2.18. The molecule has 1 unspecified atom stereocenters. The Kier molecular flexibility index (Phi) is 5.82. The van der Waals surface area contributed by atoms with Gasteiger partial charge in [0, 0.05) is 17.6 Å². The fraction of sp³-hybridized carbons (Fsp3) is 0.222. The fourth-order valence-corrected chi connectivity index (χ4v) is 2.22. The largest absolute Gasteiger partial charge is 0.479 e. The average molecular weight is 348 g/mol. The van der Waals surface area contributed by atoms with Crippen LogP contribution in [0.3, 0.4) is 0 Å². The van der Waals surface area contributed by atoms with Crippen molar-refractivity contribution >= 4 is 29.2 Å². The molecule has 1 amide bonds. The Balaban J connectivity index is 1.97. The van der Waals surface area contributed by atoms with Gasteiger partial charge in [-0.15, -0.1) is 0 Å². The molecular formula is C18H18ClNO4. The predicted octanol–water partition coefficient (Wildman–Crippen LogP) is 3.98. The lowest BCUT2D eigenvalue weighted by atomic mass is 10.2. The van der Waals surface area contributed by atoms with E-state index in [-0.39, 0.29) is 5.91 Å². The van der Waals surface area contributed by atoms with Crippen LogP contribution in [0.2, 0.25) is 5.02 Å². The summed E-state index contributed by atoms with van der Waals surface area (Å²) < 4.78 is 10.9. The number of benzene rings is 2. The zero-order valence-electron chi connectivity index (χ0n) is 13.6. The Morgan fingerprint density at radius 1 is 1.12 bits per heavy atom. The van der Waals surface area contributed by atoms with Crippen LogP contribution in [0.5, 0.6) is 11.5 Å². The third-order valence-corrected chi connectivity index (χ3v) is 3.40. The molecule has 2 aromatic rings. The highest BCUT2D eigenvalue weighted by molar-refractivity contribution is 6.30. The van der Waals surface area contributed by atoms with Crippen molar-refractivity contribution in [2.45, 2.75) is 26.9 Å². The Morgan fingerprint density at radius 2 is 1.79 bits per heavy atom. The van der Waals surface area contributed by atoms with E-state index in [1.807, 2.05) is 6.92 Å². The lowest BCUT2D eigenvalue weighted by Gasteiger charge is -2.15. The molecule has 0 saturated heterocycles. The summed E-state index contributed by atoms with van der Waals surface area (Å²) in [5.74, 6) is 0.263. The number of hydrogen-bond acceptors (Lipinski definition) is 4. The van der Waals surface area contributed by atoms with E-state index in [1.54, 1.807) is 49.4 Å². The molecular weight excluding hydrogens is 330 g/mol. The van der Waals surface area contributed by atoms with Crippen LogP contribution in [-0.2, 0) is 9.59 Å². The first-order chi connectivity index (χ1) is 11.3. The number of esters is 1. The normalized spacial score (nSPS) is 11.5. The van der Waals surface area contributed by atoms with Gasteiger partial charge in [0.25, 0.3) is 0 Å². The number of anilines is 1. The first-order valence-electron chi connectivity index (χ1n) is 7.37. The van der Waals surface area contributed by atoms with Gasteiger partial charge in [0.15, 0.2) is 6.10 Å². The highest BCUT2D eigenvalue weighted by Crippen LogP contribution is 2.23. The zero-order chi connectivity index (χ0) is 17.7. The van der Waals surface area contributed by atoms with Crippen molar-refractivity contribution in [1.82, 2.24) is 0 Å². The van der Waals surface area contributed by atoms with Crippen LogP contribution in [0.4, 0.5) is 5.69 Å². The molecule has 2 rings (SSSR count). The van der Waals surface area contributed by atoms with E-state index in [2.05, 4.69) is 5.32 Å². The minimum Gasteiger partial charge on any atom is -0.479 e. The molecule has 0 fully saturated rings. The molecule has 1 N–H and O–H groups in total. The Labute approximate surface area is 145 Å². The van der Waals surface area contributed by atoms with Crippen LogP contribution in [0.25, 0.3) is 0 Å². The topological polar surface area (TPSA) is 64.6 Å². The average Bonchev–Trinajstić information content (AvgIpc) is 2.51. The van der Waals surface area contributed by atoms with Crippen molar-refractivity contribution in [3.05, 3.63) is 53.1 Å². The van der Waals surface area contributed by atoms with E-state index in [9.17, 15) is 9.59 Å². The molecule has 5 nitrogen and oxygen atoms in total. The molecule has 6 heteroatoms. The maximum atomic E-state index is 12.1. The second-order valence-electron chi connectivity index (χ2n) is 5.30. The molecule has 0 aliphatic carbocycles. The summed E-state index contributed by atoms with van der Waals surface area (Å²) >= 11 is 5.89. The molecule has 0 aliphatic rings. The Hall–Kier alpha value is -2.53. The summed E-state index contributed by atoms with van der Waals surface area (Å²) in [6, 6.07) is 11.7. The minimum absolute atomic E-state index is 0.167. The number of nitrogens with one attached hydrogen (secondary N) is 1. The smallest absolute Gasteiger partial charge is 0.352 e. The standard InChI is InChI=1S/C18H18ClNO4/c1-11-10-14(19)4-9-17(11)23-12(2)18(22)24-16-7-5-15(6-8-16)20-13(3)21/h4-10,12H,1-3H3,(H,20,21). The lowest BCUT2D eigenvalue weighted by molar-refractivity contribution is -0.141. The maximum Gasteiger partial charge on any atom is 0.352 e. The molecule has 0 bridgehead atoms. The second kappa shape index (κ2) is 7.84. The molecule has 24 heavy (non-hydrogen) atoms. The molecule has 0 radical (unpaired) electrons. The maximum absolute atomic E-state index is 12.1. The van der Waals surface area contributed by atoms with Gasteiger partial charge in [-0.25, -0.2) is 4.79 Å². The summed E-state index contributed by atoms with van der Waals surface area (Å²) in [4.78, 5) is 23.1. The van der Waals surface area contributed by atoms with Crippen LogP contribution in [0.1, 0.15) is 19.4 Å². The lowest BCUT2D eigenvalue weighted by Crippen LogP contribution is -2.28. The molecule has 0 heterocycles. The number of amides is 1.